The van der Waals surface area contributed by atoms with Crippen molar-refractivity contribution in [1.82, 2.24) is 15.1 Å². The number of alkyl halides is 2. The molecule has 0 saturated carbocycles. The van der Waals surface area contributed by atoms with Crippen molar-refractivity contribution in [3.63, 3.8) is 0 Å². The van der Waals surface area contributed by atoms with Crippen LogP contribution in [0.2, 0.25) is 0 Å². The standard InChI is InChI=1S/C11H19F2N3/c1-4-9(5-2)16-10(11(12)13)8(6-14-3)7-15-16/h7,9,11,14H,4-6H2,1-3H3. The van der Waals surface area contributed by atoms with Crippen LogP contribution in [0.5, 0.6) is 0 Å². The fourth-order valence-electron chi connectivity index (χ4n) is 1.90. The summed E-state index contributed by atoms with van der Waals surface area (Å²) in [7, 11) is 1.74. The van der Waals surface area contributed by atoms with Gasteiger partial charge in [-0.05, 0) is 19.9 Å². The van der Waals surface area contributed by atoms with Crippen LogP contribution in [-0.2, 0) is 6.54 Å². The van der Waals surface area contributed by atoms with E-state index in [2.05, 4.69) is 10.4 Å². The fourth-order valence-corrected chi connectivity index (χ4v) is 1.90. The lowest BCUT2D eigenvalue weighted by Crippen LogP contribution is -2.14. The van der Waals surface area contributed by atoms with Crippen LogP contribution in [0.3, 0.4) is 0 Å². The van der Waals surface area contributed by atoms with Crippen LogP contribution in [0.25, 0.3) is 0 Å². The first-order valence-corrected chi connectivity index (χ1v) is 5.64. The van der Waals surface area contributed by atoms with Crippen molar-refractivity contribution in [2.45, 2.75) is 45.7 Å². The van der Waals surface area contributed by atoms with Gasteiger partial charge in [-0.2, -0.15) is 5.10 Å². The average Bonchev–Trinajstić information content (AvgIpc) is 2.64. The van der Waals surface area contributed by atoms with Crippen LogP contribution in [-0.4, -0.2) is 16.8 Å². The second kappa shape index (κ2) is 5.94. The molecule has 0 aliphatic rings. The van der Waals surface area contributed by atoms with Crippen LogP contribution < -0.4 is 5.32 Å². The van der Waals surface area contributed by atoms with Crippen molar-refractivity contribution < 1.29 is 8.78 Å². The molecule has 0 amide bonds. The minimum Gasteiger partial charge on any atom is -0.316 e. The highest BCUT2D eigenvalue weighted by Gasteiger charge is 2.22. The quantitative estimate of drug-likeness (QED) is 0.815. The van der Waals surface area contributed by atoms with Gasteiger partial charge in [0.2, 0.25) is 0 Å². The number of rotatable bonds is 6. The van der Waals surface area contributed by atoms with Crippen LogP contribution >= 0.6 is 0 Å². The normalized spacial score (nSPS) is 11.7. The lowest BCUT2D eigenvalue weighted by molar-refractivity contribution is 0.133. The van der Waals surface area contributed by atoms with Gasteiger partial charge in [-0.15, -0.1) is 0 Å². The van der Waals surface area contributed by atoms with Crippen molar-refractivity contribution in [3.05, 3.63) is 17.5 Å². The Labute approximate surface area is 94.8 Å². The maximum Gasteiger partial charge on any atom is 0.280 e. The zero-order valence-corrected chi connectivity index (χ0v) is 10.0. The van der Waals surface area contributed by atoms with Gasteiger partial charge in [0.05, 0.1) is 12.2 Å². The molecular weight excluding hydrogens is 212 g/mol. The molecule has 1 aromatic rings. The zero-order chi connectivity index (χ0) is 12.1. The molecule has 1 aromatic heterocycles. The molecule has 0 spiro atoms. The van der Waals surface area contributed by atoms with E-state index in [1.165, 1.54) is 10.9 Å². The SMILES string of the molecule is CCC(CC)n1ncc(CNC)c1C(F)F. The molecule has 0 bridgehead atoms. The molecule has 1 rings (SSSR count). The number of aromatic nitrogens is 2. The molecule has 92 valence electrons. The molecule has 0 atom stereocenters. The van der Waals surface area contributed by atoms with Gasteiger partial charge >= 0.3 is 0 Å². The van der Waals surface area contributed by atoms with Crippen LogP contribution in [0, 0.1) is 0 Å². The van der Waals surface area contributed by atoms with E-state index in [0.717, 1.165) is 12.8 Å². The molecule has 16 heavy (non-hydrogen) atoms. The van der Waals surface area contributed by atoms with Gasteiger partial charge in [0.15, 0.2) is 0 Å². The third-order valence-corrected chi connectivity index (χ3v) is 2.78. The van der Waals surface area contributed by atoms with E-state index in [0.29, 0.717) is 12.1 Å². The van der Waals surface area contributed by atoms with Crippen LogP contribution in [0.1, 0.15) is 50.4 Å². The summed E-state index contributed by atoms with van der Waals surface area (Å²) in [6.07, 6.45) is 0.704. The third-order valence-electron chi connectivity index (χ3n) is 2.78. The maximum absolute atomic E-state index is 13.0. The fraction of sp³-hybridized carbons (Fsp3) is 0.727. The summed E-state index contributed by atoms with van der Waals surface area (Å²) >= 11 is 0. The molecular formula is C11H19F2N3. The van der Waals surface area contributed by atoms with Crippen molar-refractivity contribution in [2.24, 2.45) is 0 Å². The van der Waals surface area contributed by atoms with Crippen LogP contribution in [0.15, 0.2) is 6.20 Å². The summed E-state index contributed by atoms with van der Waals surface area (Å²) in [5.41, 5.74) is 0.646. The number of halogens is 2. The Morgan fingerprint density at radius 3 is 2.44 bits per heavy atom. The highest BCUT2D eigenvalue weighted by Crippen LogP contribution is 2.27. The Hall–Kier alpha value is -0.970. The second-order valence-corrected chi connectivity index (χ2v) is 3.80. The molecule has 1 heterocycles. The molecule has 0 aliphatic heterocycles. The minimum atomic E-state index is -2.47. The predicted octanol–water partition coefficient (Wildman–Crippen LogP) is 2.90. The monoisotopic (exact) mass is 231 g/mol. The average molecular weight is 231 g/mol. The third kappa shape index (κ3) is 2.58. The summed E-state index contributed by atoms with van der Waals surface area (Å²) in [5.74, 6) is 0. The molecule has 0 aromatic carbocycles. The van der Waals surface area contributed by atoms with Gasteiger partial charge in [-0.1, -0.05) is 13.8 Å². The number of nitrogens with zero attached hydrogens (tertiary/aromatic N) is 2. The zero-order valence-electron chi connectivity index (χ0n) is 10.0. The Morgan fingerprint density at radius 2 is 2.00 bits per heavy atom. The van der Waals surface area contributed by atoms with Crippen LogP contribution in [0.4, 0.5) is 8.78 Å². The van der Waals surface area contributed by atoms with Crippen molar-refractivity contribution in [3.8, 4) is 0 Å². The molecule has 1 N–H and O–H groups in total. The first-order chi connectivity index (χ1) is 7.65. The molecule has 0 aliphatic carbocycles. The van der Waals surface area contributed by atoms with Gasteiger partial charge in [-0.25, -0.2) is 8.78 Å². The van der Waals surface area contributed by atoms with E-state index >= 15 is 0 Å². The number of hydrogen-bond acceptors (Lipinski definition) is 2. The Bertz CT molecular complexity index is 319. The predicted molar refractivity (Wildman–Crippen MR) is 59.6 cm³/mol. The van der Waals surface area contributed by atoms with E-state index in [-0.39, 0.29) is 11.7 Å². The number of hydrogen-bond donors (Lipinski definition) is 1. The van der Waals surface area contributed by atoms with E-state index in [1.54, 1.807) is 7.05 Å². The smallest absolute Gasteiger partial charge is 0.280 e. The minimum absolute atomic E-state index is 0.0584. The molecule has 3 nitrogen and oxygen atoms in total. The van der Waals surface area contributed by atoms with Gasteiger partial charge in [0.25, 0.3) is 6.43 Å². The van der Waals surface area contributed by atoms with E-state index < -0.39 is 6.43 Å². The second-order valence-electron chi connectivity index (χ2n) is 3.80. The largest absolute Gasteiger partial charge is 0.316 e. The van der Waals surface area contributed by atoms with E-state index in [4.69, 9.17) is 0 Å². The van der Waals surface area contributed by atoms with Gasteiger partial charge in [0.1, 0.15) is 5.69 Å². The molecule has 5 heteroatoms. The summed E-state index contributed by atoms with van der Waals surface area (Å²) in [6, 6.07) is 0.0645. The lowest BCUT2D eigenvalue weighted by Gasteiger charge is -2.17. The van der Waals surface area contributed by atoms with Crippen molar-refractivity contribution in [1.29, 1.82) is 0 Å². The summed E-state index contributed by atoms with van der Waals surface area (Å²) in [4.78, 5) is 0. The highest BCUT2D eigenvalue weighted by atomic mass is 19.3. The molecule has 0 unspecified atom stereocenters. The Morgan fingerprint density at radius 1 is 1.38 bits per heavy atom. The van der Waals surface area contributed by atoms with Gasteiger partial charge < -0.3 is 5.32 Å². The summed E-state index contributed by atoms with van der Waals surface area (Å²) in [5, 5.41) is 6.98. The van der Waals surface area contributed by atoms with E-state index in [1.807, 2.05) is 13.8 Å². The lowest BCUT2D eigenvalue weighted by atomic mass is 10.1. The van der Waals surface area contributed by atoms with Crippen molar-refractivity contribution in [2.75, 3.05) is 7.05 Å². The Balaban J connectivity index is 3.08. The molecule has 0 radical (unpaired) electrons. The number of nitrogens with one attached hydrogen (secondary N) is 1. The summed E-state index contributed by atoms with van der Waals surface area (Å²) in [6.45, 7) is 4.41. The van der Waals surface area contributed by atoms with E-state index in [9.17, 15) is 8.78 Å². The summed E-state index contributed by atoms with van der Waals surface area (Å²) < 4.78 is 27.5. The Kier molecular flexibility index (Phi) is 4.86. The van der Waals surface area contributed by atoms with Gasteiger partial charge in [-0.3, -0.25) is 4.68 Å². The molecule has 0 fully saturated rings. The maximum atomic E-state index is 13.0. The highest BCUT2D eigenvalue weighted by molar-refractivity contribution is 5.19. The first-order valence-electron chi connectivity index (χ1n) is 5.64. The van der Waals surface area contributed by atoms with Crippen molar-refractivity contribution >= 4 is 0 Å². The first kappa shape index (κ1) is 13.1. The van der Waals surface area contributed by atoms with Gasteiger partial charge in [0, 0.05) is 12.1 Å². The topological polar surface area (TPSA) is 29.9 Å². The molecule has 0 saturated heterocycles.